The highest BCUT2D eigenvalue weighted by atomic mass is 16.5. The number of carbonyl (C=O) groups is 1. The summed E-state index contributed by atoms with van der Waals surface area (Å²) in [5, 5.41) is 0. The zero-order valence-corrected chi connectivity index (χ0v) is 7.92. The second kappa shape index (κ2) is 3.44. The lowest BCUT2D eigenvalue weighted by Gasteiger charge is -2.44. The maximum atomic E-state index is 11.0. The second-order valence-corrected chi connectivity index (χ2v) is 3.76. The summed E-state index contributed by atoms with van der Waals surface area (Å²) in [4.78, 5) is 11.0. The molecule has 0 aromatic carbocycles. The molecule has 1 aliphatic rings. The predicted molar refractivity (Wildman–Crippen MR) is 44.7 cm³/mol. The summed E-state index contributed by atoms with van der Waals surface area (Å²) in [5.41, 5.74) is 0.0487. The summed E-state index contributed by atoms with van der Waals surface area (Å²) in [6, 6.07) is 0. The van der Waals surface area contributed by atoms with E-state index in [1.165, 1.54) is 7.11 Å². The number of methoxy groups -OCH3 is 1. The second-order valence-electron chi connectivity index (χ2n) is 3.76. The fourth-order valence-corrected chi connectivity index (χ4v) is 1.36. The molecule has 3 heteroatoms. The number of carbonyl (C=O) groups excluding carboxylic acids is 1. The van der Waals surface area contributed by atoms with Crippen molar-refractivity contribution in [1.82, 2.24) is 0 Å². The van der Waals surface area contributed by atoms with Gasteiger partial charge < -0.3 is 9.47 Å². The van der Waals surface area contributed by atoms with Gasteiger partial charge in [-0.2, -0.15) is 0 Å². The number of hydrogen-bond donors (Lipinski definition) is 0. The van der Waals surface area contributed by atoms with E-state index >= 15 is 0 Å². The summed E-state index contributed by atoms with van der Waals surface area (Å²) in [5.74, 6) is 0.345. The topological polar surface area (TPSA) is 35.5 Å². The molecule has 12 heavy (non-hydrogen) atoms. The molecule has 1 rings (SSSR count). The van der Waals surface area contributed by atoms with Crippen molar-refractivity contribution in [2.75, 3.05) is 20.3 Å². The van der Waals surface area contributed by atoms with Crippen LogP contribution in [0.15, 0.2) is 0 Å². The molecule has 1 aliphatic heterocycles. The Balaban J connectivity index is 2.50. The number of hydrogen-bond acceptors (Lipinski definition) is 3. The van der Waals surface area contributed by atoms with Gasteiger partial charge in [0, 0.05) is 5.41 Å². The van der Waals surface area contributed by atoms with E-state index in [1.807, 2.05) is 0 Å². The van der Waals surface area contributed by atoms with E-state index in [0.717, 1.165) is 0 Å². The third kappa shape index (κ3) is 1.61. The highest BCUT2D eigenvalue weighted by Crippen LogP contribution is 2.39. The average Bonchev–Trinajstić information content (AvgIpc) is 1.95. The van der Waals surface area contributed by atoms with Crippen LogP contribution in [0.5, 0.6) is 0 Å². The van der Waals surface area contributed by atoms with E-state index in [0.29, 0.717) is 25.6 Å². The summed E-state index contributed by atoms with van der Waals surface area (Å²) in [7, 11) is 1.43. The first-order valence-corrected chi connectivity index (χ1v) is 4.25. The Labute approximate surface area is 73.0 Å². The first-order valence-electron chi connectivity index (χ1n) is 4.25. The Bertz CT molecular complexity index is 171. The van der Waals surface area contributed by atoms with Gasteiger partial charge in [0.05, 0.1) is 26.7 Å². The van der Waals surface area contributed by atoms with Gasteiger partial charge >= 0.3 is 5.97 Å². The van der Waals surface area contributed by atoms with Gasteiger partial charge in [0.25, 0.3) is 0 Å². The molecule has 0 bridgehead atoms. The van der Waals surface area contributed by atoms with Gasteiger partial charge in [0.2, 0.25) is 0 Å². The van der Waals surface area contributed by atoms with E-state index in [4.69, 9.17) is 4.74 Å². The minimum atomic E-state index is -0.132. The standard InChI is InChI=1S/C9H16O3/c1-7(2)9(5-12-6-9)4-8(10)11-3/h7H,4-6H2,1-3H3. The van der Waals surface area contributed by atoms with Gasteiger partial charge in [-0.15, -0.1) is 0 Å². The number of ether oxygens (including phenoxy) is 2. The smallest absolute Gasteiger partial charge is 0.306 e. The van der Waals surface area contributed by atoms with Crippen molar-refractivity contribution >= 4 is 5.97 Å². The van der Waals surface area contributed by atoms with Crippen molar-refractivity contribution in [2.24, 2.45) is 11.3 Å². The highest BCUT2D eigenvalue weighted by molar-refractivity contribution is 5.70. The lowest BCUT2D eigenvalue weighted by Crippen LogP contribution is -2.48. The fourth-order valence-electron chi connectivity index (χ4n) is 1.36. The predicted octanol–water partition coefficient (Wildman–Crippen LogP) is 1.22. The van der Waals surface area contributed by atoms with Crippen LogP contribution in [0.3, 0.4) is 0 Å². The van der Waals surface area contributed by atoms with E-state index in [2.05, 4.69) is 18.6 Å². The van der Waals surface area contributed by atoms with Gasteiger partial charge in [-0.25, -0.2) is 0 Å². The van der Waals surface area contributed by atoms with Crippen LogP contribution in [0.2, 0.25) is 0 Å². The first-order chi connectivity index (χ1) is 5.60. The van der Waals surface area contributed by atoms with E-state index in [-0.39, 0.29) is 11.4 Å². The van der Waals surface area contributed by atoms with Crippen LogP contribution in [0.4, 0.5) is 0 Å². The van der Waals surface area contributed by atoms with Gasteiger partial charge in [0.1, 0.15) is 0 Å². The maximum Gasteiger partial charge on any atom is 0.306 e. The van der Waals surface area contributed by atoms with Crippen LogP contribution >= 0.6 is 0 Å². The molecular weight excluding hydrogens is 156 g/mol. The monoisotopic (exact) mass is 172 g/mol. The molecule has 0 radical (unpaired) electrons. The van der Waals surface area contributed by atoms with E-state index < -0.39 is 0 Å². The third-order valence-corrected chi connectivity index (χ3v) is 2.73. The fraction of sp³-hybridized carbons (Fsp3) is 0.889. The molecule has 1 fully saturated rings. The Morgan fingerprint density at radius 1 is 1.58 bits per heavy atom. The molecule has 0 N–H and O–H groups in total. The highest BCUT2D eigenvalue weighted by Gasteiger charge is 2.43. The van der Waals surface area contributed by atoms with Crippen LogP contribution in [0, 0.1) is 11.3 Å². The minimum absolute atomic E-state index is 0.0487. The SMILES string of the molecule is COC(=O)CC1(C(C)C)COC1. The lowest BCUT2D eigenvalue weighted by molar-refractivity contribution is -0.169. The zero-order chi connectivity index (χ0) is 9.19. The minimum Gasteiger partial charge on any atom is -0.469 e. The summed E-state index contributed by atoms with van der Waals surface area (Å²) in [6.45, 7) is 5.62. The van der Waals surface area contributed by atoms with Gasteiger partial charge in [-0.05, 0) is 5.92 Å². The average molecular weight is 172 g/mol. The summed E-state index contributed by atoms with van der Waals surface area (Å²) in [6.07, 6.45) is 0.487. The molecule has 0 amide bonds. The first kappa shape index (κ1) is 9.52. The van der Waals surface area contributed by atoms with Crippen LogP contribution in [-0.4, -0.2) is 26.3 Å². The lowest BCUT2D eigenvalue weighted by atomic mass is 9.73. The molecule has 0 atom stereocenters. The molecule has 0 unspecified atom stereocenters. The molecule has 1 heterocycles. The molecule has 70 valence electrons. The molecule has 0 saturated carbocycles. The van der Waals surface area contributed by atoms with Gasteiger partial charge in [-0.3, -0.25) is 4.79 Å². The quantitative estimate of drug-likeness (QED) is 0.600. The van der Waals surface area contributed by atoms with Crippen LogP contribution < -0.4 is 0 Å². The third-order valence-electron chi connectivity index (χ3n) is 2.73. The Hall–Kier alpha value is -0.570. The van der Waals surface area contributed by atoms with E-state index in [9.17, 15) is 4.79 Å². The molecule has 0 aliphatic carbocycles. The van der Waals surface area contributed by atoms with Crippen molar-refractivity contribution in [3.63, 3.8) is 0 Å². The zero-order valence-electron chi connectivity index (χ0n) is 7.92. The normalized spacial score (nSPS) is 20.3. The maximum absolute atomic E-state index is 11.0. The Morgan fingerprint density at radius 2 is 2.17 bits per heavy atom. The Kier molecular flexibility index (Phi) is 2.73. The molecule has 3 nitrogen and oxygen atoms in total. The van der Waals surface area contributed by atoms with Gasteiger partial charge in [-0.1, -0.05) is 13.8 Å². The van der Waals surface area contributed by atoms with Crippen LogP contribution in [-0.2, 0) is 14.3 Å². The molecule has 0 aromatic heterocycles. The van der Waals surface area contributed by atoms with Crippen molar-refractivity contribution < 1.29 is 14.3 Å². The number of rotatable bonds is 3. The largest absolute Gasteiger partial charge is 0.469 e. The van der Waals surface area contributed by atoms with Crippen molar-refractivity contribution in [1.29, 1.82) is 0 Å². The Morgan fingerprint density at radius 3 is 2.42 bits per heavy atom. The van der Waals surface area contributed by atoms with E-state index in [1.54, 1.807) is 0 Å². The summed E-state index contributed by atoms with van der Waals surface area (Å²) >= 11 is 0. The van der Waals surface area contributed by atoms with Crippen LogP contribution in [0.25, 0.3) is 0 Å². The van der Waals surface area contributed by atoms with Crippen LogP contribution in [0.1, 0.15) is 20.3 Å². The van der Waals surface area contributed by atoms with Crippen molar-refractivity contribution in [2.45, 2.75) is 20.3 Å². The summed E-state index contributed by atoms with van der Waals surface area (Å²) < 4.78 is 9.77. The molecule has 0 spiro atoms. The molecule has 0 aromatic rings. The molecular formula is C9H16O3. The van der Waals surface area contributed by atoms with Crippen molar-refractivity contribution in [3.8, 4) is 0 Å². The molecule has 1 saturated heterocycles. The van der Waals surface area contributed by atoms with Crippen molar-refractivity contribution in [3.05, 3.63) is 0 Å². The number of esters is 1. The van der Waals surface area contributed by atoms with Gasteiger partial charge in [0.15, 0.2) is 0 Å².